The maximum atomic E-state index is 13.0. The van der Waals surface area contributed by atoms with Gasteiger partial charge in [-0.15, -0.1) is 0 Å². The number of carboxylic acid groups (broad SMARTS) is 1. The summed E-state index contributed by atoms with van der Waals surface area (Å²) >= 11 is 0. The number of rotatable bonds is 13. The molecule has 0 bridgehead atoms. The van der Waals surface area contributed by atoms with Crippen molar-refractivity contribution >= 4 is 23.7 Å². The van der Waals surface area contributed by atoms with Crippen molar-refractivity contribution in [2.24, 2.45) is 11.7 Å². The zero-order valence-electron chi connectivity index (χ0n) is 20.5. The van der Waals surface area contributed by atoms with Gasteiger partial charge in [0.1, 0.15) is 23.9 Å². The van der Waals surface area contributed by atoms with Crippen molar-refractivity contribution in [1.29, 1.82) is 0 Å². The highest BCUT2D eigenvalue weighted by Gasteiger charge is 2.31. The Bertz CT molecular complexity index is 1030. The highest BCUT2D eigenvalue weighted by atomic mass is 16.4. The van der Waals surface area contributed by atoms with Crippen molar-refractivity contribution in [3.63, 3.8) is 0 Å². The number of amides is 3. The van der Waals surface area contributed by atoms with Crippen LogP contribution in [0.25, 0.3) is 0 Å². The van der Waals surface area contributed by atoms with Gasteiger partial charge in [0, 0.05) is 24.7 Å². The monoisotopic (exact) mass is 502 g/mol. The van der Waals surface area contributed by atoms with Crippen LogP contribution in [0, 0.1) is 5.92 Å². The van der Waals surface area contributed by atoms with E-state index in [2.05, 4.69) is 25.9 Å². The molecule has 196 valence electrons. The van der Waals surface area contributed by atoms with Gasteiger partial charge in [-0.25, -0.2) is 9.78 Å². The third-order valence-corrected chi connectivity index (χ3v) is 5.87. The number of H-pyrrole nitrogens is 1. The fraction of sp³-hybridized carbons (Fsp3) is 0.458. The second-order valence-corrected chi connectivity index (χ2v) is 8.76. The van der Waals surface area contributed by atoms with Crippen LogP contribution in [0.4, 0.5) is 0 Å². The number of hydrogen-bond acceptors (Lipinski definition) is 7. The molecule has 0 aliphatic heterocycles. The first kappa shape index (κ1) is 28.3. The smallest absolute Gasteiger partial charge is 0.326 e. The van der Waals surface area contributed by atoms with Crippen LogP contribution < -0.4 is 21.7 Å². The number of carbonyl (C=O) groups excluding carboxylic acids is 3. The summed E-state index contributed by atoms with van der Waals surface area (Å²) in [5, 5.41) is 26.7. The molecule has 1 heterocycles. The number of aromatic nitrogens is 2. The summed E-state index contributed by atoms with van der Waals surface area (Å²) in [7, 11) is 0. The number of carboxylic acids is 1. The van der Waals surface area contributed by atoms with Gasteiger partial charge < -0.3 is 36.9 Å². The van der Waals surface area contributed by atoms with E-state index in [4.69, 9.17) is 5.73 Å². The molecule has 0 spiro atoms. The standard InChI is InChI=1S/C24H34N6O6/c1-4-13(2)20(23(34)29-19(24(35)36)9-15-5-7-17(31)8-6-15)30-21(32)14(3)28-22(33)18(25)10-16-11-26-12-27-16/h5-8,11-14,18-20,31H,4,9-10,25H2,1-3H3,(H,26,27)(H,28,33)(H,29,34)(H,30,32)(H,35,36). The van der Waals surface area contributed by atoms with Crippen LogP contribution in [0.5, 0.6) is 5.75 Å². The molecule has 0 fully saturated rings. The summed E-state index contributed by atoms with van der Waals surface area (Å²) in [6.07, 6.45) is 3.74. The number of carbonyl (C=O) groups is 4. The van der Waals surface area contributed by atoms with Gasteiger partial charge in [0.15, 0.2) is 0 Å². The normalized spacial score (nSPS) is 15.1. The first-order valence-corrected chi connectivity index (χ1v) is 11.7. The maximum absolute atomic E-state index is 13.0. The number of aliphatic carboxylic acids is 1. The second kappa shape index (κ2) is 13.2. The first-order valence-electron chi connectivity index (χ1n) is 11.7. The van der Waals surface area contributed by atoms with Crippen molar-refractivity contribution in [3.8, 4) is 5.75 Å². The minimum Gasteiger partial charge on any atom is -0.508 e. The Morgan fingerprint density at radius 2 is 1.67 bits per heavy atom. The summed E-state index contributed by atoms with van der Waals surface area (Å²) < 4.78 is 0. The Kier molecular flexibility index (Phi) is 10.4. The molecular formula is C24H34N6O6. The number of benzene rings is 1. The molecule has 8 N–H and O–H groups in total. The minimum absolute atomic E-state index is 0.0107. The Morgan fingerprint density at radius 3 is 2.22 bits per heavy atom. The molecule has 12 heteroatoms. The fourth-order valence-corrected chi connectivity index (χ4v) is 3.42. The van der Waals surface area contributed by atoms with Gasteiger partial charge in [-0.1, -0.05) is 32.4 Å². The van der Waals surface area contributed by atoms with Gasteiger partial charge in [0.2, 0.25) is 17.7 Å². The quantitative estimate of drug-likeness (QED) is 0.196. The number of aromatic hydroxyl groups is 1. The number of phenols is 1. The Hall–Kier alpha value is -3.93. The van der Waals surface area contributed by atoms with Gasteiger partial charge in [-0.2, -0.15) is 0 Å². The van der Waals surface area contributed by atoms with Crippen LogP contribution in [-0.2, 0) is 32.0 Å². The molecule has 0 saturated heterocycles. The summed E-state index contributed by atoms with van der Waals surface area (Å²) in [6.45, 7) is 5.05. The van der Waals surface area contributed by atoms with Gasteiger partial charge in [-0.05, 0) is 30.5 Å². The molecule has 0 saturated carbocycles. The largest absolute Gasteiger partial charge is 0.508 e. The fourth-order valence-electron chi connectivity index (χ4n) is 3.42. The van der Waals surface area contributed by atoms with Crippen LogP contribution >= 0.6 is 0 Å². The second-order valence-electron chi connectivity index (χ2n) is 8.76. The van der Waals surface area contributed by atoms with Crippen molar-refractivity contribution in [1.82, 2.24) is 25.9 Å². The average Bonchev–Trinajstić information content (AvgIpc) is 3.35. The number of nitrogens with two attached hydrogens (primary N) is 1. The Balaban J connectivity index is 2.01. The topological polar surface area (TPSA) is 200 Å². The van der Waals surface area contributed by atoms with E-state index in [1.54, 1.807) is 25.3 Å². The predicted molar refractivity (Wildman–Crippen MR) is 131 cm³/mol. The lowest BCUT2D eigenvalue weighted by Crippen LogP contribution is -2.58. The molecule has 12 nitrogen and oxygen atoms in total. The van der Waals surface area contributed by atoms with Crippen LogP contribution in [0.2, 0.25) is 0 Å². The molecule has 5 unspecified atom stereocenters. The molecule has 36 heavy (non-hydrogen) atoms. The molecule has 0 aliphatic rings. The molecule has 1 aromatic carbocycles. The summed E-state index contributed by atoms with van der Waals surface area (Å²) in [6, 6.07) is 1.80. The third-order valence-electron chi connectivity index (χ3n) is 5.87. The maximum Gasteiger partial charge on any atom is 0.326 e. The van der Waals surface area contributed by atoms with E-state index in [1.165, 1.54) is 25.4 Å². The van der Waals surface area contributed by atoms with E-state index < -0.39 is 47.9 Å². The van der Waals surface area contributed by atoms with Crippen molar-refractivity contribution < 1.29 is 29.4 Å². The number of hydrogen-bond donors (Lipinski definition) is 7. The molecule has 5 atom stereocenters. The molecular weight excluding hydrogens is 468 g/mol. The van der Waals surface area contributed by atoms with Crippen LogP contribution in [0.1, 0.15) is 38.4 Å². The third kappa shape index (κ3) is 8.38. The minimum atomic E-state index is -1.25. The van der Waals surface area contributed by atoms with Crippen molar-refractivity contribution in [2.75, 3.05) is 0 Å². The first-order chi connectivity index (χ1) is 17.0. The summed E-state index contributed by atoms with van der Waals surface area (Å²) in [5.41, 5.74) is 7.18. The number of imidazole rings is 1. The van der Waals surface area contributed by atoms with Gasteiger partial charge in [0.05, 0.1) is 12.4 Å². The average molecular weight is 503 g/mol. The van der Waals surface area contributed by atoms with E-state index >= 15 is 0 Å². The SMILES string of the molecule is CCC(C)C(NC(=O)C(C)NC(=O)C(N)Cc1cnc[nH]1)C(=O)NC(Cc1ccc(O)cc1)C(=O)O. The summed E-state index contributed by atoms with van der Waals surface area (Å²) in [5.74, 6) is -3.32. The van der Waals surface area contributed by atoms with Gasteiger partial charge in [0.25, 0.3) is 0 Å². The van der Waals surface area contributed by atoms with E-state index in [-0.39, 0.29) is 24.5 Å². The zero-order valence-corrected chi connectivity index (χ0v) is 20.5. The number of nitrogens with one attached hydrogen (secondary N) is 4. The number of aromatic amines is 1. The molecule has 1 aromatic heterocycles. The highest BCUT2D eigenvalue weighted by Crippen LogP contribution is 2.13. The molecule has 0 radical (unpaired) electrons. The zero-order chi connectivity index (χ0) is 26.8. The van der Waals surface area contributed by atoms with Gasteiger partial charge in [-0.3, -0.25) is 14.4 Å². The lowest BCUT2D eigenvalue weighted by atomic mass is 9.97. The number of phenolic OH excluding ortho intramolecular Hbond substituents is 1. The van der Waals surface area contributed by atoms with Gasteiger partial charge >= 0.3 is 5.97 Å². The van der Waals surface area contributed by atoms with E-state index in [0.717, 1.165) is 0 Å². The lowest BCUT2D eigenvalue weighted by molar-refractivity contribution is -0.142. The Labute approximate surface area is 209 Å². The van der Waals surface area contributed by atoms with E-state index in [1.807, 2.05) is 6.92 Å². The number of nitrogens with zero attached hydrogens (tertiary/aromatic N) is 1. The summed E-state index contributed by atoms with van der Waals surface area (Å²) in [4.78, 5) is 56.7. The van der Waals surface area contributed by atoms with E-state index in [9.17, 15) is 29.4 Å². The molecule has 0 aliphatic carbocycles. The van der Waals surface area contributed by atoms with Crippen molar-refractivity contribution in [3.05, 3.63) is 48.0 Å². The van der Waals surface area contributed by atoms with Crippen LogP contribution in [0.15, 0.2) is 36.8 Å². The molecule has 3 amide bonds. The molecule has 2 rings (SSSR count). The van der Waals surface area contributed by atoms with Crippen LogP contribution in [0.3, 0.4) is 0 Å². The van der Waals surface area contributed by atoms with Crippen LogP contribution in [-0.4, -0.2) is 68.0 Å². The predicted octanol–water partition coefficient (Wildman–Crippen LogP) is -0.167. The van der Waals surface area contributed by atoms with Crippen molar-refractivity contribution in [2.45, 2.75) is 64.2 Å². The lowest BCUT2D eigenvalue weighted by Gasteiger charge is -2.27. The molecule has 2 aromatic rings. The van der Waals surface area contributed by atoms with E-state index in [0.29, 0.717) is 17.7 Å². The Morgan fingerprint density at radius 1 is 1.00 bits per heavy atom. The highest BCUT2D eigenvalue weighted by molar-refractivity contribution is 5.94.